The van der Waals surface area contributed by atoms with E-state index < -0.39 is 5.82 Å². The van der Waals surface area contributed by atoms with Gasteiger partial charge in [0.15, 0.2) is 11.6 Å². The van der Waals surface area contributed by atoms with Gasteiger partial charge in [-0.25, -0.2) is 4.39 Å². The zero-order valence-electron chi connectivity index (χ0n) is 16.9. The standard InChI is InChI=1S/C17H17ClFNO2S.C3H8.CH2O2/c1-20-14-7-6-11(18)10-13(14)17(23-9-8-21)12-4-3-5-15(22-2)16(12)19;1-3-2;2-1-3/h3-8,10,17,20H,9H2,1-2H3;3H2,1-2H3;1H,(H,2,3). The molecule has 2 N–H and O–H groups in total. The molecule has 0 heterocycles. The Kier molecular flexibility index (Phi) is 14.4. The highest BCUT2D eigenvalue weighted by molar-refractivity contribution is 8.00. The second-order valence-corrected chi connectivity index (χ2v) is 7.11. The molecule has 0 amide bonds. The zero-order valence-corrected chi connectivity index (χ0v) is 18.5. The molecule has 0 saturated carbocycles. The number of carboxylic acid groups (broad SMARTS) is 1. The Balaban J connectivity index is 0.00000116. The van der Waals surface area contributed by atoms with Gasteiger partial charge >= 0.3 is 0 Å². The molecule has 1 atom stereocenters. The summed E-state index contributed by atoms with van der Waals surface area (Å²) in [6, 6.07) is 10.4. The van der Waals surface area contributed by atoms with E-state index in [0.29, 0.717) is 10.6 Å². The molecule has 1 unspecified atom stereocenters. The summed E-state index contributed by atoms with van der Waals surface area (Å²) in [6.45, 7) is 4.00. The summed E-state index contributed by atoms with van der Waals surface area (Å²) in [6.07, 6.45) is 2.05. The average molecular weight is 444 g/mol. The highest BCUT2D eigenvalue weighted by Gasteiger charge is 2.23. The lowest BCUT2D eigenvalue weighted by Crippen LogP contribution is -2.06. The first-order chi connectivity index (χ1) is 13.9. The molecule has 8 heteroatoms. The summed E-state index contributed by atoms with van der Waals surface area (Å²) in [5.41, 5.74) is 2.11. The third-order valence-electron chi connectivity index (χ3n) is 3.39. The fourth-order valence-corrected chi connectivity index (χ4v) is 3.54. The number of ether oxygens (including phenoxy) is 1. The number of benzene rings is 2. The summed E-state index contributed by atoms with van der Waals surface area (Å²) in [5.74, 6) is -0.00978. The Morgan fingerprint density at radius 3 is 2.38 bits per heavy atom. The minimum absolute atomic E-state index is 0.173. The van der Waals surface area contributed by atoms with Gasteiger partial charge in [0.1, 0.15) is 6.29 Å². The van der Waals surface area contributed by atoms with Crippen LogP contribution in [0.5, 0.6) is 5.75 Å². The number of carbonyl (C=O) groups excluding carboxylic acids is 1. The van der Waals surface area contributed by atoms with Crippen LogP contribution in [-0.2, 0) is 9.59 Å². The predicted molar refractivity (Wildman–Crippen MR) is 119 cm³/mol. The maximum atomic E-state index is 14.7. The number of hydrogen-bond donors (Lipinski definition) is 2. The van der Waals surface area contributed by atoms with Crippen molar-refractivity contribution in [2.24, 2.45) is 0 Å². The largest absolute Gasteiger partial charge is 0.494 e. The van der Waals surface area contributed by atoms with Crippen LogP contribution in [0.15, 0.2) is 36.4 Å². The first-order valence-corrected chi connectivity index (χ1v) is 10.3. The van der Waals surface area contributed by atoms with Crippen LogP contribution >= 0.6 is 23.4 Å². The van der Waals surface area contributed by atoms with Gasteiger partial charge in [-0.3, -0.25) is 4.79 Å². The number of halogens is 2. The Morgan fingerprint density at radius 1 is 1.24 bits per heavy atom. The summed E-state index contributed by atoms with van der Waals surface area (Å²) in [4.78, 5) is 19.2. The van der Waals surface area contributed by atoms with Crippen molar-refractivity contribution in [3.63, 3.8) is 0 Å². The Hall–Kier alpha value is -2.25. The molecule has 2 rings (SSSR count). The predicted octanol–water partition coefficient (Wildman–Crippen LogP) is 5.67. The molecule has 0 aliphatic rings. The lowest BCUT2D eigenvalue weighted by atomic mass is 10.0. The van der Waals surface area contributed by atoms with E-state index in [4.69, 9.17) is 26.2 Å². The Morgan fingerprint density at radius 2 is 1.86 bits per heavy atom. The molecule has 160 valence electrons. The van der Waals surface area contributed by atoms with Crippen LogP contribution in [-0.4, -0.2) is 37.8 Å². The lowest BCUT2D eigenvalue weighted by molar-refractivity contribution is -0.122. The van der Waals surface area contributed by atoms with E-state index in [-0.39, 0.29) is 23.2 Å². The number of methoxy groups -OCH3 is 1. The van der Waals surface area contributed by atoms with Crippen LogP contribution in [0, 0.1) is 5.82 Å². The van der Waals surface area contributed by atoms with E-state index in [1.165, 1.54) is 25.3 Å². The van der Waals surface area contributed by atoms with E-state index in [1.807, 2.05) is 6.07 Å². The summed E-state index contributed by atoms with van der Waals surface area (Å²) >= 11 is 7.45. The lowest BCUT2D eigenvalue weighted by Gasteiger charge is -2.21. The summed E-state index contributed by atoms with van der Waals surface area (Å²) in [7, 11) is 3.21. The van der Waals surface area contributed by atoms with Crippen molar-refractivity contribution in [1.82, 2.24) is 0 Å². The molecule has 0 saturated heterocycles. The third kappa shape index (κ3) is 8.75. The molecule has 0 aliphatic heterocycles. The van der Waals surface area contributed by atoms with Crippen LogP contribution in [0.25, 0.3) is 0 Å². The average Bonchev–Trinajstić information content (AvgIpc) is 2.71. The number of thioether (sulfide) groups is 1. The number of aldehydes is 1. The molecule has 0 bridgehead atoms. The van der Waals surface area contributed by atoms with Gasteiger partial charge < -0.3 is 20.0 Å². The van der Waals surface area contributed by atoms with Crippen molar-refractivity contribution in [2.75, 3.05) is 25.2 Å². The number of anilines is 1. The van der Waals surface area contributed by atoms with Crippen LogP contribution in [0.1, 0.15) is 36.6 Å². The summed E-state index contributed by atoms with van der Waals surface area (Å²) in [5, 5.41) is 10.1. The molecule has 0 radical (unpaired) electrons. The van der Waals surface area contributed by atoms with Crippen molar-refractivity contribution in [3.8, 4) is 5.75 Å². The topological polar surface area (TPSA) is 75.6 Å². The van der Waals surface area contributed by atoms with Gasteiger partial charge in [0, 0.05) is 23.3 Å². The fraction of sp³-hybridized carbons (Fsp3) is 0.333. The fourth-order valence-electron chi connectivity index (χ4n) is 2.35. The molecule has 0 fully saturated rings. The number of rotatable bonds is 7. The molecule has 0 aliphatic carbocycles. The molecule has 0 spiro atoms. The van der Waals surface area contributed by atoms with Gasteiger partial charge in [-0.05, 0) is 29.8 Å². The number of carbonyl (C=O) groups is 2. The van der Waals surface area contributed by atoms with Gasteiger partial charge in [-0.2, -0.15) is 0 Å². The SMILES string of the molecule is CCC.CNc1ccc(Cl)cc1C(SCC=O)c1cccc(OC)c1F.O=CO. The van der Waals surface area contributed by atoms with Crippen LogP contribution in [0.3, 0.4) is 0 Å². The van der Waals surface area contributed by atoms with Gasteiger partial charge in [0.25, 0.3) is 6.47 Å². The van der Waals surface area contributed by atoms with Gasteiger partial charge in [-0.15, -0.1) is 11.8 Å². The molecule has 2 aromatic carbocycles. The minimum Gasteiger partial charge on any atom is -0.494 e. The minimum atomic E-state index is -0.430. The molecule has 29 heavy (non-hydrogen) atoms. The second kappa shape index (κ2) is 15.6. The van der Waals surface area contributed by atoms with E-state index in [0.717, 1.165) is 17.5 Å². The first kappa shape index (κ1) is 26.8. The van der Waals surface area contributed by atoms with Crippen molar-refractivity contribution in [1.29, 1.82) is 0 Å². The third-order valence-corrected chi connectivity index (χ3v) is 4.80. The molecular weight excluding hydrogens is 417 g/mol. The summed E-state index contributed by atoms with van der Waals surface area (Å²) < 4.78 is 19.8. The van der Waals surface area contributed by atoms with Crippen LogP contribution in [0.4, 0.5) is 10.1 Å². The Bertz CT molecular complexity index is 761. The second-order valence-electron chi connectivity index (χ2n) is 5.54. The maximum absolute atomic E-state index is 14.7. The highest BCUT2D eigenvalue weighted by atomic mass is 35.5. The van der Waals surface area contributed by atoms with E-state index in [1.54, 1.807) is 37.4 Å². The van der Waals surface area contributed by atoms with E-state index >= 15 is 0 Å². The number of hydrogen-bond acceptors (Lipinski definition) is 5. The molecular formula is C21H27ClFNO4S. The smallest absolute Gasteiger partial charge is 0.290 e. The molecule has 2 aromatic rings. The van der Waals surface area contributed by atoms with Crippen LogP contribution in [0.2, 0.25) is 5.02 Å². The normalized spacial score (nSPS) is 10.4. The molecule has 5 nitrogen and oxygen atoms in total. The van der Waals surface area contributed by atoms with Crippen molar-refractivity contribution >= 4 is 41.8 Å². The highest BCUT2D eigenvalue weighted by Crippen LogP contribution is 2.42. The van der Waals surface area contributed by atoms with E-state index in [2.05, 4.69) is 19.2 Å². The quantitative estimate of drug-likeness (QED) is 0.537. The zero-order chi connectivity index (χ0) is 22.2. The van der Waals surface area contributed by atoms with Gasteiger partial charge in [0.2, 0.25) is 0 Å². The number of nitrogens with one attached hydrogen (secondary N) is 1. The van der Waals surface area contributed by atoms with Crippen molar-refractivity contribution in [2.45, 2.75) is 25.5 Å². The van der Waals surface area contributed by atoms with Crippen LogP contribution < -0.4 is 10.1 Å². The first-order valence-electron chi connectivity index (χ1n) is 8.88. The monoisotopic (exact) mass is 443 g/mol. The van der Waals surface area contributed by atoms with Gasteiger partial charge in [-0.1, -0.05) is 44.0 Å². The van der Waals surface area contributed by atoms with Crippen molar-refractivity contribution < 1.29 is 23.8 Å². The van der Waals surface area contributed by atoms with Gasteiger partial charge in [0.05, 0.1) is 18.1 Å². The van der Waals surface area contributed by atoms with E-state index in [9.17, 15) is 9.18 Å². The maximum Gasteiger partial charge on any atom is 0.290 e. The Labute approximate surface area is 180 Å². The molecule has 0 aromatic heterocycles. The van der Waals surface area contributed by atoms with Crippen molar-refractivity contribution in [3.05, 3.63) is 58.4 Å².